The van der Waals surface area contributed by atoms with Crippen LogP contribution < -0.4 is 5.32 Å². The first-order valence-electron chi connectivity index (χ1n) is 8.12. The van der Waals surface area contributed by atoms with Gasteiger partial charge in [0.15, 0.2) is 0 Å². The molecule has 1 aliphatic carbocycles. The van der Waals surface area contributed by atoms with E-state index < -0.39 is 0 Å². The van der Waals surface area contributed by atoms with Gasteiger partial charge in [0.1, 0.15) is 0 Å². The van der Waals surface area contributed by atoms with Crippen molar-refractivity contribution in [2.45, 2.75) is 64.5 Å². The van der Waals surface area contributed by atoms with Crippen LogP contribution in [-0.4, -0.2) is 48.8 Å². The molecule has 0 aromatic heterocycles. The van der Waals surface area contributed by atoms with E-state index in [-0.39, 0.29) is 0 Å². The Morgan fingerprint density at radius 3 is 2.58 bits per heavy atom. The van der Waals surface area contributed by atoms with E-state index in [9.17, 15) is 0 Å². The summed E-state index contributed by atoms with van der Waals surface area (Å²) >= 11 is 0. The summed E-state index contributed by atoms with van der Waals surface area (Å²) in [6.07, 6.45) is 5.21. The van der Waals surface area contributed by atoms with Crippen LogP contribution in [0.5, 0.6) is 0 Å². The van der Waals surface area contributed by atoms with Gasteiger partial charge >= 0.3 is 0 Å². The molecule has 0 aromatic carbocycles. The summed E-state index contributed by atoms with van der Waals surface area (Å²) in [6.45, 7) is 14.5. The molecule has 0 radical (unpaired) electrons. The molecule has 0 amide bonds. The minimum atomic E-state index is 0.320. The smallest absolute Gasteiger partial charge is 0.0478 e. The van der Waals surface area contributed by atoms with Crippen LogP contribution in [0, 0.1) is 5.92 Å². The van der Waals surface area contributed by atoms with E-state index in [4.69, 9.17) is 4.74 Å². The van der Waals surface area contributed by atoms with Crippen LogP contribution >= 0.6 is 0 Å². The maximum Gasteiger partial charge on any atom is 0.0478 e. The molecule has 1 heterocycles. The Morgan fingerprint density at radius 1 is 1.26 bits per heavy atom. The molecule has 1 aliphatic heterocycles. The third-order valence-electron chi connectivity index (χ3n) is 5.32. The molecule has 0 spiro atoms. The molecule has 3 nitrogen and oxygen atoms in total. The Morgan fingerprint density at radius 2 is 2.00 bits per heavy atom. The summed E-state index contributed by atoms with van der Waals surface area (Å²) in [5.74, 6) is 0.906. The van der Waals surface area contributed by atoms with E-state index in [1.807, 2.05) is 0 Å². The molecule has 0 bridgehead atoms. The second kappa shape index (κ2) is 6.11. The minimum Gasteiger partial charge on any atom is -0.382 e. The topological polar surface area (TPSA) is 24.5 Å². The van der Waals surface area contributed by atoms with E-state index in [1.165, 1.54) is 32.4 Å². The highest BCUT2D eigenvalue weighted by molar-refractivity contribution is 5.07. The Balaban J connectivity index is 1.92. The van der Waals surface area contributed by atoms with Gasteiger partial charge in [-0.15, -0.1) is 0 Å². The van der Waals surface area contributed by atoms with Crippen LogP contribution in [0.1, 0.15) is 53.4 Å². The summed E-state index contributed by atoms with van der Waals surface area (Å²) in [7, 11) is 0. The molecule has 1 saturated heterocycles. The molecule has 2 rings (SSSR count). The largest absolute Gasteiger partial charge is 0.382 e. The van der Waals surface area contributed by atoms with Crippen molar-refractivity contribution in [3.05, 3.63) is 0 Å². The average Bonchev–Trinajstić information content (AvgIpc) is 3.24. The van der Waals surface area contributed by atoms with Gasteiger partial charge in [0.05, 0.1) is 0 Å². The fourth-order valence-corrected chi connectivity index (χ4v) is 3.34. The highest BCUT2D eigenvalue weighted by Crippen LogP contribution is 2.42. The molecular formula is C16H32N2O. The normalized spacial score (nSPS) is 36.6. The quantitative estimate of drug-likeness (QED) is 0.718. The molecule has 112 valence electrons. The lowest BCUT2D eigenvalue weighted by molar-refractivity contribution is 0.00403. The zero-order valence-electron chi connectivity index (χ0n) is 13.3. The maximum absolute atomic E-state index is 5.50. The third kappa shape index (κ3) is 3.50. The van der Waals surface area contributed by atoms with Gasteiger partial charge in [0, 0.05) is 43.9 Å². The Labute approximate surface area is 119 Å². The van der Waals surface area contributed by atoms with Gasteiger partial charge in [-0.05, 0) is 52.4 Å². The van der Waals surface area contributed by atoms with Crippen LogP contribution in [0.3, 0.4) is 0 Å². The second-order valence-corrected chi connectivity index (χ2v) is 6.87. The van der Waals surface area contributed by atoms with Crippen molar-refractivity contribution in [1.29, 1.82) is 0 Å². The van der Waals surface area contributed by atoms with Gasteiger partial charge in [0.2, 0.25) is 0 Å². The van der Waals surface area contributed by atoms with Crippen molar-refractivity contribution >= 4 is 0 Å². The number of nitrogens with zero attached hydrogens (tertiary/aromatic N) is 1. The van der Waals surface area contributed by atoms with E-state index in [0.29, 0.717) is 11.1 Å². The van der Waals surface area contributed by atoms with Crippen molar-refractivity contribution < 1.29 is 4.74 Å². The highest BCUT2D eigenvalue weighted by Gasteiger charge is 2.48. The molecule has 2 aliphatic rings. The fourth-order valence-electron chi connectivity index (χ4n) is 3.34. The Bertz CT molecular complexity index is 292. The van der Waals surface area contributed by atoms with Gasteiger partial charge in [-0.25, -0.2) is 0 Å². The first-order chi connectivity index (χ1) is 9.04. The van der Waals surface area contributed by atoms with Crippen LogP contribution in [0.4, 0.5) is 0 Å². The van der Waals surface area contributed by atoms with Crippen LogP contribution in [0.2, 0.25) is 0 Å². The second-order valence-electron chi connectivity index (χ2n) is 6.87. The molecule has 0 aromatic rings. The lowest BCUT2D eigenvalue weighted by Gasteiger charge is -2.52. The van der Waals surface area contributed by atoms with E-state index in [2.05, 4.69) is 37.9 Å². The highest BCUT2D eigenvalue weighted by atomic mass is 16.5. The zero-order valence-corrected chi connectivity index (χ0v) is 13.3. The lowest BCUT2D eigenvalue weighted by Crippen LogP contribution is -2.68. The van der Waals surface area contributed by atoms with Crippen molar-refractivity contribution in [2.75, 3.05) is 32.8 Å². The fraction of sp³-hybridized carbons (Fsp3) is 1.00. The van der Waals surface area contributed by atoms with Gasteiger partial charge in [-0.2, -0.15) is 0 Å². The predicted octanol–water partition coefficient (Wildman–Crippen LogP) is 2.66. The maximum atomic E-state index is 5.50. The van der Waals surface area contributed by atoms with Gasteiger partial charge in [-0.1, -0.05) is 6.92 Å². The van der Waals surface area contributed by atoms with Crippen molar-refractivity contribution in [3.8, 4) is 0 Å². The molecule has 2 fully saturated rings. The minimum absolute atomic E-state index is 0.320. The molecule has 2 unspecified atom stereocenters. The number of nitrogens with one attached hydrogen (secondary N) is 1. The number of ether oxygens (including phenoxy) is 1. The summed E-state index contributed by atoms with van der Waals surface area (Å²) in [6, 6.07) is 0. The van der Waals surface area contributed by atoms with E-state index >= 15 is 0 Å². The van der Waals surface area contributed by atoms with Crippen molar-refractivity contribution in [1.82, 2.24) is 10.2 Å². The Hall–Kier alpha value is -0.120. The summed E-state index contributed by atoms with van der Waals surface area (Å²) in [4.78, 5) is 2.72. The van der Waals surface area contributed by atoms with Crippen LogP contribution in [0.15, 0.2) is 0 Å². The van der Waals surface area contributed by atoms with Gasteiger partial charge < -0.3 is 10.1 Å². The number of hydrogen-bond acceptors (Lipinski definition) is 3. The molecular weight excluding hydrogens is 236 g/mol. The molecule has 2 atom stereocenters. The first-order valence-corrected chi connectivity index (χ1v) is 8.12. The van der Waals surface area contributed by atoms with Crippen molar-refractivity contribution in [3.63, 3.8) is 0 Å². The third-order valence-corrected chi connectivity index (χ3v) is 5.32. The van der Waals surface area contributed by atoms with E-state index in [0.717, 1.165) is 32.1 Å². The summed E-state index contributed by atoms with van der Waals surface area (Å²) < 4.78 is 5.50. The van der Waals surface area contributed by atoms with Crippen LogP contribution in [-0.2, 0) is 4.74 Å². The van der Waals surface area contributed by atoms with Gasteiger partial charge in [0.25, 0.3) is 0 Å². The lowest BCUT2D eigenvalue weighted by atomic mass is 9.84. The van der Waals surface area contributed by atoms with E-state index in [1.54, 1.807) is 0 Å². The van der Waals surface area contributed by atoms with Crippen LogP contribution in [0.25, 0.3) is 0 Å². The number of rotatable bonds is 7. The molecule has 1 N–H and O–H groups in total. The average molecular weight is 268 g/mol. The van der Waals surface area contributed by atoms with Crippen molar-refractivity contribution in [2.24, 2.45) is 5.92 Å². The molecule has 3 heteroatoms. The SMILES string of the molecule is CCOCCCN1CC(C)(C2CC2)NCC1(C)CC. The standard InChI is InChI=1S/C16H32N2O/c1-5-15(3)12-17-16(4,14-8-9-14)13-18(15)10-7-11-19-6-2/h14,17H,5-13H2,1-4H3. The molecule has 19 heavy (non-hydrogen) atoms. The number of hydrogen-bond donors (Lipinski definition) is 1. The molecule has 1 saturated carbocycles. The zero-order chi connectivity index (χ0) is 13.9. The first kappa shape index (κ1) is 15.3. The summed E-state index contributed by atoms with van der Waals surface area (Å²) in [5.41, 5.74) is 0.668. The predicted molar refractivity (Wildman–Crippen MR) is 80.5 cm³/mol. The number of piperazine rings is 1. The van der Waals surface area contributed by atoms with Gasteiger partial charge in [-0.3, -0.25) is 4.90 Å². The summed E-state index contributed by atoms with van der Waals surface area (Å²) in [5, 5.41) is 3.86. The monoisotopic (exact) mass is 268 g/mol. The Kier molecular flexibility index (Phi) is 4.91.